The minimum atomic E-state index is -0.375. The third kappa shape index (κ3) is 5.76. The van der Waals surface area contributed by atoms with Crippen molar-refractivity contribution in [3.63, 3.8) is 0 Å². The lowest BCUT2D eigenvalue weighted by Crippen LogP contribution is -2.45. The van der Waals surface area contributed by atoms with Crippen molar-refractivity contribution in [3.8, 4) is 0 Å². The first kappa shape index (κ1) is 19.3. The van der Waals surface area contributed by atoms with Crippen LogP contribution >= 0.6 is 0 Å². The van der Waals surface area contributed by atoms with Crippen molar-refractivity contribution in [1.29, 1.82) is 0 Å². The molecular formula is C20H31N3O2. The molecule has 1 fully saturated rings. The first-order valence-corrected chi connectivity index (χ1v) is 9.17. The van der Waals surface area contributed by atoms with E-state index in [1.165, 1.54) is 0 Å². The summed E-state index contributed by atoms with van der Waals surface area (Å²) in [5.74, 6) is 0.580. The van der Waals surface area contributed by atoms with Crippen LogP contribution in [-0.4, -0.2) is 36.3 Å². The summed E-state index contributed by atoms with van der Waals surface area (Å²) in [5.41, 5.74) is 7.35. The zero-order valence-electron chi connectivity index (χ0n) is 15.7. The molecular weight excluding hydrogens is 314 g/mol. The van der Waals surface area contributed by atoms with E-state index in [1.807, 2.05) is 49.9 Å². The monoisotopic (exact) mass is 345 g/mol. The molecule has 2 rings (SSSR count). The third-order valence-electron chi connectivity index (χ3n) is 4.77. The summed E-state index contributed by atoms with van der Waals surface area (Å²) in [6.45, 7) is 7.92. The Labute approximate surface area is 151 Å². The van der Waals surface area contributed by atoms with Crippen molar-refractivity contribution >= 4 is 17.5 Å². The van der Waals surface area contributed by atoms with Gasteiger partial charge in [0.05, 0.1) is 0 Å². The van der Waals surface area contributed by atoms with Gasteiger partial charge in [0.2, 0.25) is 11.8 Å². The van der Waals surface area contributed by atoms with Crippen LogP contribution in [0.15, 0.2) is 24.3 Å². The van der Waals surface area contributed by atoms with Gasteiger partial charge in [0, 0.05) is 37.2 Å². The summed E-state index contributed by atoms with van der Waals surface area (Å²) in [7, 11) is 0. The van der Waals surface area contributed by atoms with Crippen molar-refractivity contribution in [2.45, 2.75) is 46.5 Å². The lowest BCUT2D eigenvalue weighted by atomic mass is 9.94. The highest BCUT2D eigenvalue weighted by Gasteiger charge is 2.26. The number of nitrogen functional groups attached to an aromatic ring is 1. The fourth-order valence-electron chi connectivity index (χ4n) is 3.12. The average Bonchev–Trinajstić information content (AvgIpc) is 2.58. The molecule has 3 N–H and O–H groups in total. The second kappa shape index (κ2) is 8.37. The van der Waals surface area contributed by atoms with Gasteiger partial charge < -0.3 is 16.0 Å². The molecule has 1 atom stereocenters. The Morgan fingerprint density at radius 2 is 2.00 bits per heavy atom. The summed E-state index contributed by atoms with van der Waals surface area (Å²) in [6.07, 6.45) is 3.21. The number of likely N-dealkylation sites (tertiary alicyclic amines) is 1. The highest BCUT2D eigenvalue weighted by atomic mass is 16.2. The van der Waals surface area contributed by atoms with E-state index >= 15 is 0 Å². The van der Waals surface area contributed by atoms with Crippen molar-refractivity contribution in [2.75, 3.05) is 25.4 Å². The smallest absolute Gasteiger partial charge is 0.225 e. The predicted molar refractivity (Wildman–Crippen MR) is 101 cm³/mol. The molecule has 1 aromatic rings. The fraction of sp³-hybridized carbons (Fsp3) is 0.600. The number of nitrogens with one attached hydrogen (secondary N) is 1. The quantitative estimate of drug-likeness (QED) is 0.806. The van der Waals surface area contributed by atoms with E-state index in [2.05, 4.69) is 5.32 Å². The Hall–Kier alpha value is -2.04. The number of aryl methyl sites for hydroxylation is 1. The maximum absolute atomic E-state index is 12.5. The Morgan fingerprint density at radius 3 is 2.68 bits per heavy atom. The molecule has 25 heavy (non-hydrogen) atoms. The largest absolute Gasteiger partial charge is 0.399 e. The number of nitrogens with two attached hydrogens (primary N) is 1. The number of carbonyl (C=O) groups excluding carboxylic acids is 2. The molecule has 0 radical (unpaired) electrons. The van der Waals surface area contributed by atoms with Crippen LogP contribution in [0.4, 0.5) is 5.69 Å². The van der Waals surface area contributed by atoms with Gasteiger partial charge in [0.1, 0.15) is 0 Å². The minimum Gasteiger partial charge on any atom is -0.399 e. The van der Waals surface area contributed by atoms with Crippen LogP contribution in [0.3, 0.4) is 0 Å². The lowest BCUT2D eigenvalue weighted by Gasteiger charge is -2.33. The molecule has 0 aromatic heterocycles. The number of hydrogen-bond acceptors (Lipinski definition) is 3. The van der Waals surface area contributed by atoms with E-state index in [0.29, 0.717) is 25.3 Å². The highest BCUT2D eigenvalue weighted by Crippen LogP contribution is 2.19. The number of hydrogen-bond donors (Lipinski definition) is 2. The van der Waals surface area contributed by atoms with Crippen LogP contribution in [0.5, 0.6) is 0 Å². The van der Waals surface area contributed by atoms with E-state index in [0.717, 1.165) is 37.2 Å². The van der Waals surface area contributed by atoms with Crippen molar-refractivity contribution in [2.24, 2.45) is 11.3 Å². The Bertz CT molecular complexity index is 607. The van der Waals surface area contributed by atoms with E-state index in [1.54, 1.807) is 0 Å². The number of nitrogens with zero attached hydrogens (tertiary/aromatic N) is 1. The van der Waals surface area contributed by atoms with Gasteiger partial charge in [-0.3, -0.25) is 9.59 Å². The first-order valence-electron chi connectivity index (χ1n) is 9.17. The number of anilines is 1. The summed E-state index contributed by atoms with van der Waals surface area (Å²) < 4.78 is 0. The van der Waals surface area contributed by atoms with Crippen LogP contribution in [0, 0.1) is 11.3 Å². The summed E-state index contributed by atoms with van der Waals surface area (Å²) in [4.78, 5) is 26.5. The maximum Gasteiger partial charge on any atom is 0.225 e. The minimum absolute atomic E-state index is 0.0653. The molecule has 2 amide bonds. The van der Waals surface area contributed by atoms with Crippen LogP contribution in [0.25, 0.3) is 0 Å². The number of benzene rings is 1. The first-order chi connectivity index (χ1) is 11.8. The van der Waals surface area contributed by atoms with E-state index in [9.17, 15) is 9.59 Å². The van der Waals surface area contributed by atoms with Gasteiger partial charge in [-0.15, -0.1) is 0 Å². The number of para-hydroxylation sites is 1. The van der Waals surface area contributed by atoms with E-state index in [-0.39, 0.29) is 17.2 Å². The highest BCUT2D eigenvalue weighted by molar-refractivity contribution is 5.81. The molecule has 1 aliphatic heterocycles. The normalized spacial score (nSPS) is 18.0. The molecule has 0 saturated carbocycles. The molecule has 138 valence electrons. The standard InChI is InChI=1S/C20H31N3O2/c1-20(2,3)19(25)22-13-15-7-6-12-23(14-15)18(24)11-10-16-8-4-5-9-17(16)21/h4-5,8-9,15H,6-7,10-14,21H2,1-3H3,(H,22,25). The molecule has 1 aliphatic rings. The van der Waals surface area contributed by atoms with Gasteiger partial charge in [0.15, 0.2) is 0 Å². The van der Waals surface area contributed by atoms with Gasteiger partial charge in [-0.2, -0.15) is 0 Å². The van der Waals surface area contributed by atoms with E-state index < -0.39 is 0 Å². The number of carbonyl (C=O) groups is 2. The van der Waals surface area contributed by atoms with Crippen molar-refractivity contribution < 1.29 is 9.59 Å². The fourth-order valence-corrected chi connectivity index (χ4v) is 3.12. The zero-order chi connectivity index (χ0) is 18.4. The number of amides is 2. The van der Waals surface area contributed by atoms with Gasteiger partial charge in [-0.05, 0) is 36.8 Å². The molecule has 5 heteroatoms. The van der Waals surface area contributed by atoms with Crippen LogP contribution in [-0.2, 0) is 16.0 Å². The molecule has 0 spiro atoms. The van der Waals surface area contributed by atoms with E-state index in [4.69, 9.17) is 5.73 Å². The summed E-state index contributed by atoms with van der Waals surface area (Å²) in [6, 6.07) is 7.70. The van der Waals surface area contributed by atoms with Crippen LogP contribution in [0.1, 0.15) is 45.6 Å². The number of rotatable bonds is 5. The summed E-state index contributed by atoms with van der Waals surface area (Å²) in [5, 5.41) is 3.02. The van der Waals surface area contributed by atoms with Gasteiger partial charge in [-0.25, -0.2) is 0 Å². The SMILES string of the molecule is CC(C)(C)C(=O)NCC1CCCN(C(=O)CCc2ccccc2N)C1. The van der Waals surface area contributed by atoms with Crippen LogP contribution in [0.2, 0.25) is 0 Å². The Balaban J connectivity index is 1.81. The van der Waals surface area contributed by atoms with Gasteiger partial charge in [0.25, 0.3) is 0 Å². The summed E-state index contributed by atoms with van der Waals surface area (Å²) >= 11 is 0. The average molecular weight is 345 g/mol. The maximum atomic E-state index is 12.5. The van der Waals surface area contributed by atoms with Crippen molar-refractivity contribution in [1.82, 2.24) is 10.2 Å². The van der Waals surface area contributed by atoms with Gasteiger partial charge >= 0.3 is 0 Å². The molecule has 5 nitrogen and oxygen atoms in total. The Kier molecular flexibility index (Phi) is 6.45. The Morgan fingerprint density at radius 1 is 1.28 bits per heavy atom. The predicted octanol–water partition coefficient (Wildman–Crippen LogP) is 2.60. The lowest BCUT2D eigenvalue weighted by molar-refractivity contribution is -0.133. The van der Waals surface area contributed by atoms with Crippen molar-refractivity contribution in [3.05, 3.63) is 29.8 Å². The molecule has 1 unspecified atom stereocenters. The number of piperidine rings is 1. The molecule has 0 aliphatic carbocycles. The van der Waals surface area contributed by atoms with Crippen LogP contribution < -0.4 is 11.1 Å². The van der Waals surface area contributed by atoms with Gasteiger partial charge in [-0.1, -0.05) is 39.0 Å². The second-order valence-corrected chi connectivity index (χ2v) is 8.01. The zero-order valence-corrected chi connectivity index (χ0v) is 15.7. The molecule has 0 bridgehead atoms. The third-order valence-corrected chi connectivity index (χ3v) is 4.77. The molecule has 1 aromatic carbocycles. The second-order valence-electron chi connectivity index (χ2n) is 8.01. The topological polar surface area (TPSA) is 75.4 Å². The molecule has 1 saturated heterocycles. The molecule has 1 heterocycles.